The molecule has 50 heavy (non-hydrogen) atoms. The molecule has 2 heterocycles. The van der Waals surface area contributed by atoms with Crippen molar-refractivity contribution in [3.8, 4) is 56.4 Å². The molecule has 4 nitrogen and oxygen atoms in total. The minimum atomic E-state index is 0.187. The Morgan fingerprint density at radius 1 is 0.400 bits per heavy atom. The first kappa shape index (κ1) is 28.4. The predicted octanol–water partition coefficient (Wildman–Crippen LogP) is 11.6. The van der Waals surface area contributed by atoms with Crippen LogP contribution in [-0.4, -0.2) is 15.0 Å². The van der Waals surface area contributed by atoms with Crippen LogP contribution >= 0.6 is 0 Å². The molecule has 0 saturated carbocycles. The molecule has 9 aromatic rings. The normalized spacial score (nSPS) is 13.4. The van der Waals surface area contributed by atoms with Gasteiger partial charge in [0.1, 0.15) is 11.2 Å². The van der Waals surface area contributed by atoms with Crippen molar-refractivity contribution in [2.75, 3.05) is 0 Å². The smallest absolute Gasteiger partial charge is 0.164 e. The van der Waals surface area contributed by atoms with Gasteiger partial charge >= 0.3 is 0 Å². The number of fused-ring (bicyclic) bond motifs is 6. The van der Waals surface area contributed by atoms with E-state index in [2.05, 4.69) is 109 Å². The van der Waals surface area contributed by atoms with E-state index >= 15 is 0 Å². The molecule has 1 aliphatic rings. The molecule has 1 atom stereocenters. The van der Waals surface area contributed by atoms with Crippen molar-refractivity contribution in [3.63, 3.8) is 0 Å². The van der Waals surface area contributed by atoms with E-state index < -0.39 is 0 Å². The molecule has 1 aliphatic carbocycles. The van der Waals surface area contributed by atoms with E-state index in [0.717, 1.165) is 44.2 Å². The van der Waals surface area contributed by atoms with Gasteiger partial charge in [0.15, 0.2) is 17.5 Å². The summed E-state index contributed by atoms with van der Waals surface area (Å²) in [7, 11) is 0. The summed E-state index contributed by atoms with van der Waals surface area (Å²) >= 11 is 0. The summed E-state index contributed by atoms with van der Waals surface area (Å²) in [5.74, 6) is 2.05. The molecular weight excluding hydrogens is 611 g/mol. The number of hydrogen-bond donors (Lipinski definition) is 0. The average Bonchev–Trinajstić information content (AvgIpc) is 3.74. The van der Waals surface area contributed by atoms with Crippen LogP contribution in [0.4, 0.5) is 0 Å². The molecule has 0 fully saturated rings. The summed E-state index contributed by atoms with van der Waals surface area (Å²) in [5.41, 5.74) is 13.3. The Kier molecular flexibility index (Phi) is 6.53. The highest BCUT2D eigenvalue weighted by atomic mass is 16.3. The first-order chi connectivity index (χ1) is 24.8. The quantitative estimate of drug-likeness (QED) is 0.188. The molecule has 0 spiro atoms. The molecule has 0 amide bonds. The minimum absolute atomic E-state index is 0.187. The lowest BCUT2D eigenvalue weighted by Gasteiger charge is -2.15. The van der Waals surface area contributed by atoms with E-state index in [4.69, 9.17) is 19.4 Å². The molecule has 7 aromatic carbocycles. The molecule has 0 radical (unpaired) electrons. The zero-order valence-electron chi connectivity index (χ0n) is 27.0. The Bertz CT molecular complexity index is 2640. The van der Waals surface area contributed by atoms with Gasteiger partial charge in [0.05, 0.1) is 0 Å². The molecule has 1 unspecified atom stereocenters. The molecule has 0 bridgehead atoms. The van der Waals surface area contributed by atoms with E-state index in [9.17, 15) is 0 Å². The molecule has 234 valence electrons. The zero-order valence-corrected chi connectivity index (χ0v) is 27.0. The first-order valence-corrected chi connectivity index (χ1v) is 16.9. The summed E-state index contributed by atoms with van der Waals surface area (Å²) in [6, 6.07) is 59.2. The van der Waals surface area contributed by atoms with Gasteiger partial charge in [-0.15, -0.1) is 0 Å². The van der Waals surface area contributed by atoms with Crippen LogP contribution in [0, 0.1) is 0 Å². The highest BCUT2D eigenvalue weighted by molar-refractivity contribution is 6.14. The van der Waals surface area contributed by atoms with Crippen molar-refractivity contribution in [1.29, 1.82) is 0 Å². The number of hydrogen-bond acceptors (Lipinski definition) is 4. The van der Waals surface area contributed by atoms with Crippen LogP contribution in [0.25, 0.3) is 78.4 Å². The lowest BCUT2D eigenvalue weighted by molar-refractivity contribution is 0.669. The lowest BCUT2D eigenvalue weighted by atomic mass is 9.88. The SMILES string of the molecule is c1ccc(-c2nc(-c3ccccc3)nc(-c3ccc4c(c3)oc3cccc(-c5cccc6c5-c5ccccc5C6c5ccccc5)c34)n2)cc1. The summed E-state index contributed by atoms with van der Waals surface area (Å²) in [4.78, 5) is 14.8. The van der Waals surface area contributed by atoms with Gasteiger partial charge in [-0.05, 0) is 57.1 Å². The Hall–Kier alpha value is -6.65. The lowest BCUT2D eigenvalue weighted by Crippen LogP contribution is -2.00. The topological polar surface area (TPSA) is 51.8 Å². The number of furan rings is 1. The molecule has 0 aliphatic heterocycles. The van der Waals surface area contributed by atoms with E-state index in [1.165, 1.54) is 33.4 Å². The van der Waals surface area contributed by atoms with Crippen molar-refractivity contribution in [1.82, 2.24) is 15.0 Å². The van der Waals surface area contributed by atoms with Crippen LogP contribution in [-0.2, 0) is 0 Å². The van der Waals surface area contributed by atoms with E-state index in [-0.39, 0.29) is 5.92 Å². The van der Waals surface area contributed by atoms with Crippen molar-refractivity contribution < 1.29 is 4.42 Å². The number of benzene rings is 7. The highest BCUT2D eigenvalue weighted by Gasteiger charge is 2.32. The number of nitrogens with zero attached hydrogens (tertiary/aromatic N) is 3. The molecular formula is C46H29N3O. The third-order valence-corrected chi connectivity index (χ3v) is 9.83. The van der Waals surface area contributed by atoms with E-state index in [0.29, 0.717) is 17.5 Å². The summed E-state index contributed by atoms with van der Waals surface area (Å²) < 4.78 is 6.61. The molecule has 0 saturated heterocycles. The van der Waals surface area contributed by atoms with Gasteiger partial charge in [0, 0.05) is 33.4 Å². The number of aromatic nitrogens is 3. The standard InChI is InChI=1S/C46H29N3O/c1-4-14-29(15-5-1)41-33-20-10-11-21-34(33)42-35(22-12-24-38(41)42)36-23-13-25-39-43(36)37-27-26-32(28-40(37)50-39)46-48-44(30-16-6-2-7-17-30)47-45(49-46)31-18-8-3-9-19-31/h1-28,41H. The van der Waals surface area contributed by atoms with Gasteiger partial charge < -0.3 is 4.42 Å². The fourth-order valence-electron chi connectivity index (χ4n) is 7.61. The molecule has 0 N–H and O–H groups in total. The second-order valence-corrected chi connectivity index (χ2v) is 12.7. The van der Waals surface area contributed by atoms with Crippen LogP contribution in [0.3, 0.4) is 0 Å². The molecule has 10 rings (SSSR count). The summed E-state index contributed by atoms with van der Waals surface area (Å²) in [6.45, 7) is 0. The maximum absolute atomic E-state index is 6.61. The van der Waals surface area contributed by atoms with E-state index in [1.54, 1.807) is 0 Å². The van der Waals surface area contributed by atoms with Crippen LogP contribution < -0.4 is 0 Å². The Labute approximate surface area is 289 Å². The molecule has 4 heteroatoms. The Balaban J connectivity index is 1.14. The third-order valence-electron chi connectivity index (χ3n) is 9.83. The van der Waals surface area contributed by atoms with Gasteiger partial charge in [0.2, 0.25) is 0 Å². The summed E-state index contributed by atoms with van der Waals surface area (Å²) in [5, 5.41) is 2.16. The Morgan fingerprint density at radius 2 is 0.960 bits per heavy atom. The van der Waals surface area contributed by atoms with Crippen LogP contribution in [0.5, 0.6) is 0 Å². The second kappa shape index (κ2) is 11.5. The van der Waals surface area contributed by atoms with Gasteiger partial charge in [-0.2, -0.15) is 0 Å². The van der Waals surface area contributed by atoms with E-state index in [1.807, 2.05) is 60.7 Å². The van der Waals surface area contributed by atoms with Crippen LogP contribution in [0.15, 0.2) is 174 Å². The van der Waals surface area contributed by atoms with Crippen molar-refractivity contribution in [2.45, 2.75) is 5.92 Å². The zero-order chi connectivity index (χ0) is 33.0. The molecule has 2 aromatic heterocycles. The fourth-order valence-corrected chi connectivity index (χ4v) is 7.61. The second-order valence-electron chi connectivity index (χ2n) is 12.7. The van der Waals surface area contributed by atoms with Crippen molar-refractivity contribution in [2.24, 2.45) is 0 Å². The van der Waals surface area contributed by atoms with Gasteiger partial charge in [0.25, 0.3) is 0 Å². The summed E-state index contributed by atoms with van der Waals surface area (Å²) in [6.07, 6.45) is 0. The largest absolute Gasteiger partial charge is 0.456 e. The maximum Gasteiger partial charge on any atom is 0.164 e. The average molecular weight is 640 g/mol. The maximum atomic E-state index is 6.61. The van der Waals surface area contributed by atoms with Gasteiger partial charge in [-0.25, -0.2) is 15.0 Å². The third kappa shape index (κ3) is 4.57. The van der Waals surface area contributed by atoms with Gasteiger partial charge in [-0.3, -0.25) is 0 Å². The first-order valence-electron chi connectivity index (χ1n) is 16.9. The minimum Gasteiger partial charge on any atom is -0.456 e. The predicted molar refractivity (Wildman–Crippen MR) is 202 cm³/mol. The van der Waals surface area contributed by atoms with Crippen LogP contribution in [0.1, 0.15) is 22.6 Å². The van der Waals surface area contributed by atoms with Crippen molar-refractivity contribution >= 4 is 21.9 Å². The monoisotopic (exact) mass is 639 g/mol. The van der Waals surface area contributed by atoms with Gasteiger partial charge in [-0.1, -0.05) is 152 Å². The van der Waals surface area contributed by atoms with Crippen molar-refractivity contribution in [3.05, 3.63) is 187 Å². The Morgan fingerprint density at radius 3 is 1.68 bits per heavy atom. The fraction of sp³-hybridized carbons (Fsp3) is 0.0217. The van der Waals surface area contributed by atoms with Crippen LogP contribution in [0.2, 0.25) is 0 Å². The number of rotatable bonds is 5. The highest BCUT2D eigenvalue weighted by Crippen LogP contribution is 2.52.